The first-order chi connectivity index (χ1) is 13.6. The first kappa shape index (κ1) is 18.8. The lowest BCUT2D eigenvalue weighted by Gasteiger charge is -2.29. The molecule has 28 heavy (non-hydrogen) atoms. The van der Waals surface area contributed by atoms with Crippen LogP contribution < -0.4 is 14.4 Å². The molecule has 1 fully saturated rings. The number of hydrogen-bond donors (Lipinski definition) is 0. The fourth-order valence-corrected chi connectivity index (χ4v) is 4.66. The second-order valence-corrected chi connectivity index (χ2v) is 7.68. The number of carbonyl (C=O) groups is 1. The van der Waals surface area contributed by atoms with Gasteiger partial charge in [0.05, 0.1) is 20.8 Å². The van der Waals surface area contributed by atoms with Gasteiger partial charge in [-0.2, -0.15) is 0 Å². The lowest BCUT2D eigenvalue weighted by atomic mass is 10.0. The van der Waals surface area contributed by atoms with Crippen LogP contribution in [-0.4, -0.2) is 44.2 Å². The number of benzene rings is 2. The van der Waals surface area contributed by atoms with Crippen LogP contribution in [0.25, 0.3) is 0 Å². The van der Waals surface area contributed by atoms with Gasteiger partial charge < -0.3 is 14.4 Å². The molecule has 0 N–H and O–H groups in total. The number of hydrogen-bond acceptors (Lipinski definition) is 4. The Balaban J connectivity index is 1.54. The monoisotopic (exact) mass is 380 g/mol. The third kappa shape index (κ3) is 3.35. The van der Waals surface area contributed by atoms with Crippen molar-refractivity contribution in [1.82, 2.24) is 4.90 Å². The van der Waals surface area contributed by atoms with Crippen LogP contribution in [0.3, 0.4) is 0 Å². The fourth-order valence-electron chi connectivity index (χ4n) is 4.66. The highest BCUT2D eigenvalue weighted by Crippen LogP contribution is 2.39. The van der Waals surface area contributed by atoms with Gasteiger partial charge in [-0.05, 0) is 50.4 Å². The maximum absolute atomic E-state index is 13.2. The average molecular weight is 380 g/mol. The molecule has 1 amide bonds. The molecule has 5 nitrogen and oxygen atoms in total. The summed E-state index contributed by atoms with van der Waals surface area (Å²) in [6, 6.07) is 14.6. The molecule has 2 aromatic carbocycles. The number of ether oxygens (including phenoxy) is 2. The molecule has 0 aliphatic carbocycles. The number of likely N-dealkylation sites (tertiary alicyclic amines) is 1. The van der Waals surface area contributed by atoms with Gasteiger partial charge in [-0.25, -0.2) is 0 Å². The molecule has 0 saturated carbocycles. The van der Waals surface area contributed by atoms with Crippen LogP contribution in [0, 0.1) is 0 Å². The molecular weight excluding hydrogens is 352 g/mol. The Morgan fingerprint density at radius 3 is 2.75 bits per heavy atom. The van der Waals surface area contributed by atoms with Gasteiger partial charge in [-0.3, -0.25) is 9.69 Å². The van der Waals surface area contributed by atoms with Crippen molar-refractivity contribution in [3.8, 4) is 11.5 Å². The smallest absolute Gasteiger partial charge is 0.241 e. The van der Waals surface area contributed by atoms with Crippen molar-refractivity contribution >= 4 is 11.6 Å². The summed E-state index contributed by atoms with van der Waals surface area (Å²) in [5, 5.41) is 0. The first-order valence-corrected chi connectivity index (χ1v) is 9.98. The van der Waals surface area contributed by atoms with E-state index in [9.17, 15) is 4.79 Å². The second-order valence-electron chi connectivity index (χ2n) is 7.68. The van der Waals surface area contributed by atoms with Crippen LogP contribution in [0.1, 0.15) is 36.9 Å². The minimum absolute atomic E-state index is 0.178. The normalized spacial score (nSPS) is 21.6. The molecule has 2 unspecified atom stereocenters. The lowest BCUT2D eigenvalue weighted by Crippen LogP contribution is -2.43. The summed E-state index contributed by atoms with van der Waals surface area (Å²) < 4.78 is 10.9. The second kappa shape index (κ2) is 7.84. The molecule has 2 aromatic rings. The van der Waals surface area contributed by atoms with Crippen LogP contribution in [0.15, 0.2) is 42.5 Å². The summed E-state index contributed by atoms with van der Waals surface area (Å²) in [6.45, 7) is 3.49. The summed E-state index contributed by atoms with van der Waals surface area (Å²) in [7, 11) is 3.34. The Morgan fingerprint density at radius 2 is 1.96 bits per heavy atom. The summed E-state index contributed by atoms with van der Waals surface area (Å²) in [4.78, 5) is 17.5. The Kier molecular flexibility index (Phi) is 5.27. The fraction of sp³-hybridized carbons (Fsp3) is 0.435. The van der Waals surface area contributed by atoms with Gasteiger partial charge in [0.2, 0.25) is 5.91 Å². The van der Waals surface area contributed by atoms with E-state index in [1.165, 1.54) is 5.56 Å². The van der Waals surface area contributed by atoms with Crippen molar-refractivity contribution < 1.29 is 14.3 Å². The van der Waals surface area contributed by atoms with Gasteiger partial charge in [-0.15, -0.1) is 0 Å². The zero-order valence-electron chi connectivity index (χ0n) is 16.9. The predicted molar refractivity (Wildman–Crippen MR) is 110 cm³/mol. The zero-order valence-corrected chi connectivity index (χ0v) is 16.9. The molecule has 1 saturated heterocycles. The molecule has 0 aromatic heterocycles. The maximum Gasteiger partial charge on any atom is 0.241 e. The van der Waals surface area contributed by atoms with E-state index in [-0.39, 0.29) is 18.0 Å². The third-order valence-corrected chi connectivity index (χ3v) is 5.98. The topological polar surface area (TPSA) is 42.0 Å². The number of amides is 1. The van der Waals surface area contributed by atoms with Crippen LogP contribution >= 0.6 is 0 Å². The minimum Gasteiger partial charge on any atom is -0.497 e. The molecule has 0 spiro atoms. The summed E-state index contributed by atoms with van der Waals surface area (Å²) in [5.41, 5.74) is 3.46. The van der Waals surface area contributed by atoms with Gasteiger partial charge in [0.1, 0.15) is 11.5 Å². The predicted octanol–water partition coefficient (Wildman–Crippen LogP) is 3.82. The molecule has 2 aliphatic rings. The number of fused-ring (bicyclic) bond motifs is 1. The SMILES string of the molecule is COc1ccc(C2CCCN2CC(=O)N2c3ccccc3CC2C)c(OC)c1. The van der Waals surface area contributed by atoms with Gasteiger partial charge in [0.25, 0.3) is 0 Å². The molecule has 0 radical (unpaired) electrons. The van der Waals surface area contributed by atoms with E-state index >= 15 is 0 Å². The molecular formula is C23H28N2O3. The molecule has 2 atom stereocenters. The number of anilines is 1. The van der Waals surface area contributed by atoms with Crippen molar-refractivity contribution in [1.29, 1.82) is 0 Å². The van der Waals surface area contributed by atoms with Crippen LogP contribution in [0.5, 0.6) is 11.5 Å². The molecule has 5 heteroatoms. The molecule has 0 bridgehead atoms. The van der Waals surface area contributed by atoms with Crippen LogP contribution in [0.4, 0.5) is 5.69 Å². The molecule has 2 heterocycles. The number of para-hydroxylation sites is 1. The van der Waals surface area contributed by atoms with E-state index in [0.717, 1.165) is 48.6 Å². The lowest BCUT2D eigenvalue weighted by molar-refractivity contribution is -0.120. The van der Waals surface area contributed by atoms with E-state index in [4.69, 9.17) is 9.47 Å². The van der Waals surface area contributed by atoms with Gasteiger partial charge >= 0.3 is 0 Å². The van der Waals surface area contributed by atoms with E-state index < -0.39 is 0 Å². The average Bonchev–Trinajstić information content (AvgIpc) is 3.30. The zero-order chi connectivity index (χ0) is 19.7. The Labute approximate surface area is 166 Å². The van der Waals surface area contributed by atoms with Crippen LogP contribution in [-0.2, 0) is 11.2 Å². The van der Waals surface area contributed by atoms with Gasteiger partial charge in [0, 0.05) is 29.4 Å². The Morgan fingerprint density at radius 1 is 1.14 bits per heavy atom. The van der Waals surface area contributed by atoms with E-state index in [1.54, 1.807) is 14.2 Å². The summed E-state index contributed by atoms with van der Waals surface area (Å²) in [6.07, 6.45) is 3.04. The first-order valence-electron chi connectivity index (χ1n) is 9.98. The van der Waals surface area contributed by atoms with E-state index in [1.807, 2.05) is 29.2 Å². The summed E-state index contributed by atoms with van der Waals surface area (Å²) >= 11 is 0. The molecule has 148 valence electrons. The van der Waals surface area contributed by atoms with E-state index in [2.05, 4.69) is 30.0 Å². The van der Waals surface area contributed by atoms with Gasteiger partial charge in [0.15, 0.2) is 0 Å². The van der Waals surface area contributed by atoms with E-state index in [0.29, 0.717) is 6.54 Å². The minimum atomic E-state index is 0.178. The maximum atomic E-state index is 13.2. The number of nitrogens with zero attached hydrogens (tertiary/aromatic N) is 2. The molecule has 4 rings (SSSR count). The van der Waals surface area contributed by atoms with Crippen molar-refractivity contribution in [3.05, 3.63) is 53.6 Å². The molecule has 2 aliphatic heterocycles. The highest BCUT2D eigenvalue weighted by Gasteiger charge is 2.35. The number of rotatable bonds is 5. The van der Waals surface area contributed by atoms with Crippen molar-refractivity contribution in [2.24, 2.45) is 0 Å². The number of methoxy groups -OCH3 is 2. The Hall–Kier alpha value is -2.53. The standard InChI is InChI=1S/C23H28N2O3/c1-16-13-17-7-4-5-8-20(17)25(16)23(26)15-24-12-6-9-21(24)19-11-10-18(27-2)14-22(19)28-3/h4-5,7-8,10-11,14,16,21H,6,9,12-13,15H2,1-3H3. The number of carbonyl (C=O) groups excluding carboxylic acids is 1. The van der Waals surface area contributed by atoms with Crippen molar-refractivity contribution in [3.63, 3.8) is 0 Å². The highest BCUT2D eigenvalue weighted by molar-refractivity contribution is 5.97. The van der Waals surface area contributed by atoms with Crippen molar-refractivity contribution in [2.45, 2.75) is 38.3 Å². The van der Waals surface area contributed by atoms with Crippen molar-refractivity contribution in [2.75, 3.05) is 32.2 Å². The quantitative estimate of drug-likeness (QED) is 0.791. The third-order valence-electron chi connectivity index (χ3n) is 5.98. The van der Waals surface area contributed by atoms with Gasteiger partial charge in [-0.1, -0.05) is 24.3 Å². The highest BCUT2D eigenvalue weighted by atomic mass is 16.5. The largest absolute Gasteiger partial charge is 0.497 e. The van der Waals surface area contributed by atoms with Crippen LogP contribution in [0.2, 0.25) is 0 Å². The Bertz CT molecular complexity index is 867. The summed E-state index contributed by atoms with van der Waals surface area (Å²) in [5.74, 6) is 1.78.